The van der Waals surface area contributed by atoms with Crippen LogP contribution in [0.2, 0.25) is 0 Å². The van der Waals surface area contributed by atoms with E-state index >= 15 is 0 Å². The van der Waals surface area contributed by atoms with Crippen LogP contribution in [0.15, 0.2) is 23.6 Å². The maximum absolute atomic E-state index is 10.3. The van der Waals surface area contributed by atoms with Gasteiger partial charge < -0.3 is 5.11 Å². The first-order valence-corrected chi connectivity index (χ1v) is 6.04. The fraction of sp³-hybridized carbons (Fsp3) is 0.333. The number of aliphatic hydroxyl groups is 1. The lowest BCUT2D eigenvalue weighted by atomic mass is 10.1. The van der Waals surface area contributed by atoms with Gasteiger partial charge in [0.25, 0.3) is 0 Å². The molecule has 0 saturated heterocycles. The van der Waals surface area contributed by atoms with Gasteiger partial charge in [-0.3, -0.25) is 10.1 Å². The Bertz CT molecular complexity index is 428. The molecule has 5 heteroatoms. The molecule has 1 rings (SSSR count). The molecule has 1 heterocycles. The van der Waals surface area contributed by atoms with Crippen molar-refractivity contribution in [1.82, 2.24) is 0 Å². The molecule has 0 unspecified atom stereocenters. The highest BCUT2D eigenvalue weighted by atomic mass is 32.1. The SMILES string of the molecule is O=[N+]([O-])C[C@H](C#C/C=C/c1cccs1)CCO. The first-order valence-electron chi connectivity index (χ1n) is 5.16. The van der Waals surface area contributed by atoms with Crippen LogP contribution in [0.4, 0.5) is 0 Å². The van der Waals surface area contributed by atoms with Crippen LogP contribution in [-0.2, 0) is 0 Å². The van der Waals surface area contributed by atoms with Gasteiger partial charge in [0, 0.05) is 16.4 Å². The Morgan fingerprint density at radius 3 is 3.06 bits per heavy atom. The molecule has 0 radical (unpaired) electrons. The summed E-state index contributed by atoms with van der Waals surface area (Å²) in [6, 6.07) is 3.91. The van der Waals surface area contributed by atoms with Crippen LogP contribution in [-0.4, -0.2) is 23.2 Å². The lowest BCUT2D eigenvalue weighted by Crippen LogP contribution is -2.13. The molecule has 0 saturated carbocycles. The Morgan fingerprint density at radius 2 is 2.47 bits per heavy atom. The van der Waals surface area contributed by atoms with Crippen molar-refractivity contribution in [2.45, 2.75) is 6.42 Å². The van der Waals surface area contributed by atoms with Gasteiger partial charge in [-0.1, -0.05) is 17.9 Å². The zero-order valence-corrected chi connectivity index (χ0v) is 10.0. The summed E-state index contributed by atoms with van der Waals surface area (Å²) in [5.41, 5.74) is 0. The molecule has 1 N–H and O–H groups in total. The van der Waals surface area contributed by atoms with Gasteiger partial charge in [-0.15, -0.1) is 11.3 Å². The molecule has 0 aromatic carbocycles. The number of hydrogen-bond acceptors (Lipinski definition) is 4. The first-order chi connectivity index (χ1) is 8.22. The molecule has 0 aliphatic carbocycles. The normalized spacial score (nSPS) is 12.1. The van der Waals surface area contributed by atoms with E-state index in [1.165, 1.54) is 0 Å². The van der Waals surface area contributed by atoms with E-state index in [0.717, 1.165) is 4.88 Å². The van der Waals surface area contributed by atoms with E-state index in [4.69, 9.17) is 5.11 Å². The maximum atomic E-state index is 10.3. The number of nitro groups is 1. The minimum Gasteiger partial charge on any atom is -0.396 e. The van der Waals surface area contributed by atoms with Crippen molar-refractivity contribution in [1.29, 1.82) is 0 Å². The summed E-state index contributed by atoms with van der Waals surface area (Å²) in [6.07, 6.45) is 3.87. The van der Waals surface area contributed by atoms with E-state index in [-0.39, 0.29) is 19.1 Å². The summed E-state index contributed by atoms with van der Waals surface area (Å²) in [7, 11) is 0. The van der Waals surface area contributed by atoms with Gasteiger partial charge in [0.05, 0.1) is 5.92 Å². The minimum atomic E-state index is -0.405. The van der Waals surface area contributed by atoms with Crippen molar-refractivity contribution in [2.24, 2.45) is 5.92 Å². The third-order valence-corrected chi connectivity index (χ3v) is 2.85. The zero-order valence-electron chi connectivity index (χ0n) is 9.20. The average Bonchev–Trinajstić information content (AvgIpc) is 2.76. The first kappa shape index (κ1) is 13.4. The number of nitrogens with zero attached hydrogens (tertiary/aromatic N) is 1. The predicted molar refractivity (Wildman–Crippen MR) is 68.2 cm³/mol. The van der Waals surface area contributed by atoms with Gasteiger partial charge in [-0.25, -0.2) is 0 Å². The number of allylic oxidation sites excluding steroid dienone is 1. The standard InChI is InChI=1S/C12H13NO3S/c14-8-7-11(10-13(15)16)4-1-2-5-12-6-3-9-17-12/h2-3,5-6,9,11,14H,7-8,10H2/b5-2+/t11-/m1/s1. The molecule has 0 amide bonds. The topological polar surface area (TPSA) is 63.4 Å². The summed E-state index contributed by atoms with van der Waals surface area (Å²) in [5, 5.41) is 21.1. The third kappa shape index (κ3) is 5.85. The molecular formula is C12H13NO3S. The van der Waals surface area contributed by atoms with Gasteiger partial charge in [0.2, 0.25) is 6.54 Å². The van der Waals surface area contributed by atoms with E-state index < -0.39 is 4.92 Å². The number of aliphatic hydroxyl groups excluding tert-OH is 1. The average molecular weight is 251 g/mol. The highest BCUT2D eigenvalue weighted by Crippen LogP contribution is 2.09. The van der Waals surface area contributed by atoms with Gasteiger partial charge in [0.15, 0.2) is 0 Å². The lowest BCUT2D eigenvalue weighted by molar-refractivity contribution is -0.485. The molecule has 1 aromatic heterocycles. The summed E-state index contributed by atoms with van der Waals surface area (Å²) < 4.78 is 0. The van der Waals surface area contributed by atoms with Crippen LogP contribution in [0.1, 0.15) is 11.3 Å². The number of rotatable bonds is 5. The third-order valence-electron chi connectivity index (χ3n) is 2.01. The van der Waals surface area contributed by atoms with Crippen LogP contribution in [0.3, 0.4) is 0 Å². The predicted octanol–water partition coefficient (Wildman–Crippen LogP) is 2.04. The van der Waals surface area contributed by atoms with Crippen molar-refractivity contribution >= 4 is 17.4 Å². The highest BCUT2D eigenvalue weighted by Gasteiger charge is 2.10. The van der Waals surface area contributed by atoms with Crippen molar-refractivity contribution in [3.8, 4) is 11.8 Å². The Hall–Kier alpha value is -1.64. The fourth-order valence-corrected chi connectivity index (χ4v) is 1.84. The zero-order chi connectivity index (χ0) is 12.5. The maximum Gasteiger partial charge on any atom is 0.217 e. The van der Waals surface area contributed by atoms with Crippen molar-refractivity contribution in [2.75, 3.05) is 13.2 Å². The van der Waals surface area contributed by atoms with E-state index in [2.05, 4.69) is 11.8 Å². The molecule has 0 spiro atoms. The minimum absolute atomic E-state index is 0.0815. The van der Waals surface area contributed by atoms with Gasteiger partial charge >= 0.3 is 0 Å². The molecular weight excluding hydrogens is 238 g/mol. The molecule has 17 heavy (non-hydrogen) atoms. The molecule has 0 aliphatic heterocycles. The molecule has 1 aromatic rings. The van der Waals surface area contributed by atoms with Gasteiger partial charge in [0.1, 0.15) is 0 Å². The Morgan fingerprint density at radius 1 is 1.65 bits per heavy atom. The Kier molecular flexibility index (Phi) is 6.00. The molecule has 0 aliphatic rings. The van der Waals surface area contributed by atoms with E-state index in [1.807, 2.05) is 23.6 Å². The highest BCUT2D eigenvalue weighted by molar-refractivity contribution is 7.10. The van der Waals surface area contributed by atoms with Crippen molar-refractivity contribution < 1.29 is 10.0 Å². The van der Waals surface area contributed by atoms with Crippen LogP contribution in [0.5, 0.6) is 0 Å². The van der Waals surface area contributed by atoms with Crippen molar-refractivity contribution in [3.05, 3.63) is 38.6 Å². The monoisotopic (exact) mass is 251 g/mol. The smallest absolute Gasteiger partial charge is 0.217 e. The lowest BCUT2D eigenvalue weighted by Gasteiger charge is -2.01. The summed E-state index contributed by atoms with van der Waals surface area (Å²) in [6.45, 7) is -0.303. The Balaban J connectivity index is 2.52. The van der Waals surface area contributed by atoms with Gasteiger partial charge in [-0.05, 0) is 30.0 Å². The summed E-state index contributed by atoms with van der Waals surface area (Å²) >= 11 is 1.60. The molecule has 0 fully saturated rings. The van der Waals surface area contributed by atoms with Crippen LogP contribution in [0, 0.1) is 27.9 Å². The van der Waals surface area contributed by atoms with E-state index in [9.17, 15) is 10.1 Å². The summed E-state index contributed by atoms with van der Waals surface area (Å²) in [5.74, 6) is 5.17. The molecule has 0 bridgehead atoms. The molecule has 1 atom stereocenters. The second kappa shape index (κ2) is 7.60. The second-order valence-electron chi connectivity index (χ2n) is 3.36. The van der Waals surface area contributed by atoms with Gasteiger partial charge in [-0.2, -0.15) is 0 Å². The van der Waals surface area contributed by atoms with Crippen molar-refractivity contribution in [3.63, 3.8) is 0 Å². The summed E-state index contributed by atoms with van der Waals surface area (Å²) in [4.78, 5) is 11.0. The fourth-order valence-electron chi connectivity index (χ4n) is 1.22. The Labute approximate surface area is 104 Å². The molecule has 4 nitrogen and oxygen atoms in total. The van der Waals surface area contributed by atoms with E-state index in [0.29, 0.717) is 6.42 Å². The molecule has 90 valence electrons. The van der Waals surface area contributed by atoms with Crippen LogP contribution >= 0.6 is 11.3 Å². The van der Waals surface area contributed by atoms with Crippen LogP contribution in [0.25, 0.3) is 6.08 Å². The number of hydrogen-bond donors (Lipinski definition) is 1. The number of thiophene rings is 1. The van der Waals surface area contributed by atoms with Crippen LogP contribution < -0.4 is 0 Å². The van der Waals surface area contributed by atoms with E-state index in [1.54, 1.807) is 17.4 Å². The largest absolute Gasteiger partial charge is 0.396 e. The quantitative estimate of drug-likeness (QED) is 0.495. The second-order valence-corrected chi connectivity index (χ2v) is 4.34.